The number of hydrogen-bond acceptors (Lipinski definition) is 2. The number of rotatable bonds is 1. The third kappa shape index (κ3) is 1.99. The van der Waals surface area contributed by atoms with Crippen LogP contribution in [0.25, 0.3) is 0 Å². The van der Waals surface area contributed by atoms with Gasteiger partial charge in [0.1, 0.15) is 1.41 Å². The molecule has 2 rings (SSSR count). The zero-order chi connectivity index (χ0) is 17.2. The van der Waals surface area contributed by atoms with Crippen molar-refractivity contribution in [2.24, 2.45) is 0 Å². The third-order valence-corrected chi connectivity index (χ3v) is 2.13. The van der Waals surface area contributed by atoms with Crippen molar-refractivity contribution in [3.8, 4) is 0 Å². The molecule has 1 N–H and O–H groups in total. The van der Waals surface area contributed by atoms with Gasteiger partial charge in [-0.1, -0.05) is 6.42 Å². The van der Waals surface area contributed by atoms with Crippen LogP contribution in [-0.2, 0) is 0 Å². The van der Waals surface area contributed by atoms with E-state index in [2.05, 4.69) is 0 Å². The van der Waals surface area contributed by atoms with E-state index in [1.807, 2.05) is 0 Å². The van der Waals surface area contributed by atoms with Crippen molar-refractivity contribution in [1.82, 2.24) is 10.2 Å². The summed E-state index contributed by atoms with van der Waals surface area (Å²) in [4.78, 5) is 1.19. The highest BCUT2D eigenvalue weighted by Crippen LogP contribution is 2.17. The predicted octanol–water partition coefficient (Wildman–Crippen LogP) is 1.22. The van der Waals surface area contributed by atoms with Crippen LogP contribution in [0.3, 0.4) is 0 Å². The largest absolute Gasteiger partial charge is 0.317 e. The van der Waals surface area contributed by atoms with Crippen LogP contribution in [0.4, 0.5) is 0 Å². The molecule has 70 valence electrons. The van der Waals surface area contributed by atoms with Crippen LogP contribution in [0.1, 0.15) is 44.3 Å². The van der Waals surface area contributed by atoms with Crippen molar-refractivity contribution in [2.45, 2.75) is 38.0 Å². The first kappa shape index (κ1) is 2.71. The summed E-state index contributed by atoms with van der Waals surface area (Å²) in [5, 5.41) is -0.309. The van der Waals surface area contributed by atoms with Gasteiger partial charge in [0, 0.05) is 18.4 Å². The molecule has 2 nitrogen and oxygen atoms in total. The molecule has 0 unspecified atom stereocenters. The average molecular weight is 178 g/mol. The summed E-state index contributed by atoms with van der Waals surface area (Å²) >= 11 is 0. The lowest BCUT2D eigenvalue weighted by Crippen LogP contribution is -2.45. The van der Waals surface area contributed by atoms with Crippen molar-refractivity contribution in [1.29, 1.82) is 0 Å². The van der Waals surface area contributed by atoms with Crippen LogP contribution in [0.2, 0.25) is 1.41 Å². The summed E-state index contributed by atoms with van der Waals surface area (Å²) in [5.41, 5.74) is 0. The van der Waals surface area contributed by atoms with E-state index in [0.29, 0.717) is 12.8 Å². The van der Waals surface area contributed by atoms with Gasteiger partial charge in [0.2, 0.25) is 0 Å². The minimum atomic E-state index is -3.15. The lowest BCUT2D eigenvalue weighted by atomic mass is 10.0. The Balaban J connectivity index is 2.66. The van der Waals surface area contributed by atoms with Crippen molar-refractivity contribution >= 4 is 0 Å². The fourth-order valence-electron chi connectivity index (χ4n) is 1.50. The summed E-state index contributed by atoms with van der Waals surface area (Å²) in [5.74, 6) is 0. The Morgan fingerprint density at radius 3 is 2.58 bits per heavy atom. The van der Waals surface area contributed by atoms with Crippen LogP contribution < -0.4 is 5.31 Å². The molecular formula is C10H20N2. The molecule has 0 aromatic rings. The van der Waals surface area contributed by atoms with E-state index in [1.54, 1.807) is 0 Å². The highest BCUT2D eigenvalue weighted by atomic mass is 15.2. The van der Waals surface area contributed by atoms with E-state index in [0.717, 1.165) is 6.42 Å². The summed E-state index contributed by atoms with van der Waals surface area (Å²) in [7, 11) is 0. The lowest BCUT2D eigenvalue weighted by molar-refractivity contribution is 0.136. The standard InChI is InChI=1S/C10H20N2/c1-2-8-12(9-3-1)10-4-6-11-7-5-10/h10-11H,1-9H2/i4D2,5D2,6D2,7D2,10D/hD. The van der Waals surface area contributed by atoms with Crippen LogP contribution in [-0.4, -0.2) is 37.0 Å². The summed E-state index contributed by atoms with van der Waals surface area (Å²) in [6.45, 7) is -5.90. The zero-order valence-corrected chi connectivity index (χ0v) is 6.93. The number of hydrogen-bond donors (Lipinski definition) is 1. The van der Waals surface area contributed by atoms with Gasteiger partial charge in [-0.15, -0.1) is 0 Å². The smallest absolute Gasteiger partial charge is 0.122 e. The molecule has 2 heteroatoms. The van der Waals surface area contributed by atoms with Crippen LogP contribution >= 0.6 is 0 Å². The van der Waals surface area contributed by atoms with Gasteiger partial charge >= 0.3 is 0 Å². The molecule has 2 heterocycles. The van der Waals surface area contributed by atoms with Gasteiger partial charge in [0.05, 0.1) is 0 Å². The molecule has 2 saturated heterocycles. The molecule has 0 atom stereocenters. The second-order valence-electron chi connectivity index (χ2n) is 2.98. The highest BCUT2D eigenvalue weighted by molar-refractivity contribution is 4.79. The maximum Gasteiger partial charge on any atom is 0.122 e. The first-order valence-electron chi connectivity index (χ1n) is 9.25. The molecule has 0 spiro atoms. The molecule has 0 bridgehead atoms. The Kier molecular flexibility index (Phi) is 0.956. The molecule has 0 aliphatic carbocycles. The van der Waals surface area contributed by atoms with Gasteiger partial charge in [0.25, 0.3) is 0 Å². The van der Waals surface area contributed by atoms with E-state index in [1.165, 1.54) is 4.90 Å². The molecule has 2 fully saturated rings. The van der Waals surface area contributed by atoms with E-state index in [9.17, 15) is 0 Å². The van der Waals surface area contributed by atoms with Gasteiger partial charge in [-0.3, -0.25) is 0 Å². The number of nitrogens with zero attached hydrogens (tertiary/aromatic N) is 1. The fourth-order valence-corrected chi connectivity index (χ4v) is 1.50. The summed E-state index contributed by atoms with van der Waals surface area (Å²) in [6.07, 6.45) is -4.13. The van der Waals surface area contributed by atoms with Crippen molar-refractivity contribution in [2.75, 3.05) is 26.1 Å². The summed E-state index contributed by atoms with van der Waals surface area (Å²) in [6, 6.07) is -2.77. The van der Waals surface area contributed by atoms with Crippen molar-refractivity contribution in [3.63, 3.8) is 0 Å². The Morgan fingerprint density at radius 1 is 1.25 bits per heavy atom. The fraction of sp³-hybridized carbons (Fsp3) is 1.00. The molecule has 0 aromatic heterocycles. The average Bonchev–Trinajstić information content (AvgIpc) is 2.44. The third-order valence-electron chi connectivity index (χ3n) is 2.13. The van der Waals surface area contributed by atoms with E-state index in [-0.39, 0.29) is 18.4 Å². The van der Waals surface area contributed by atoms with Gasteiger partial charge in [-0.25, -0.2) is 0 Å². The van der Waals surface area contributed by atoms with E-state index >= 15 is 0 Å². The Labute approximate surface area is 89.4 Å². The maximum atomic E-state index is 8.51. The SMILES string of the molecule is [2H]N1C([2H])([2H])C([2H])([2H])C([2H])(N2CCCCC2)C([2H])([2H])C1([2H])[2H]. The molecule has 12 heavy (non-hydrogen) atoms. The molecule has 0 saturated carbocycles. The predicted molar refractivity (Wildman–Crippen MR) is 51.3 cm³/mol. The van der Waals surface area contributed by atoms with E-state index in [4.69, 9.17) is 13.7 Å². The number of likely N-dealkylation sites (tertiary alicyclic amines) is 1. The quantitative estimate of drug-likeness (QED) is 0.649. The molecular weight excluding hydrogens is 148 g/mol. The minimum absolute atomic E-state index is 0.201. The Morgan fingerprint density at radius 2 is 1.92 bits per heavy atom. The van der Waals surface area contributed by atoms with E-state index < -0.39 is 31.8 Å². The molecule has 2 aliphatic rings. The molecule has 2 aliphatic heterocycles. The second kappa shape index (κ2) is 4.24. The topological polar surface area (TPSA) is 15.3 Å². The maximum absolute atomic E-state index is 8.51. The Hall–Kier alpha value is -0.0800. The first-order chi connectivity index (χ1) is 9.76. The van der Waals surface area contributed by atoms with Crippen LogP contribution in [0.5, 0.6) is 0 Å². The van der Waals surface area contributed by atoms with Crippen molar-refractivity contribution in [3.05, 3.63) is 0 Å². The number of piperidine rings is 2. The normalized spacial score (nSPS) is 62.3. The van der Waals surface area contributed by atoms with Crippen LogP contribution in [0, 0.1) is 0 Å². The molecule has 0 amide bonds. The zero-order valence-electron chi connectivity index (χ0n) is 16.9. The first-order valence-corrected chi connectivity index (χ1v) is 4.30. The highest BCUT2D eigenvalue weighted by Gasteiger charge is 2.21. The van der Waals surface area contributed by atoms with Crippen molar-refractivity contribution < 1.29 is 13.7 Å². The number of nitrogens with one attached hydrogen (secondary N) is 1. The lowest BCUT2D eigenvalue weighted by Gasteiger charge is -2.36. The van der Waals surface area contributed by atoms with Gasteiger partial charge < -0.3 is 10.2 Å². The molecule has 0 radical (unpaired) electrons. The van der Waals surface area contributed by atoms with Crippen LogP contribution in [0.15, 0.2) is 0 Å². The summed E-state index contributed by atoms with van der Waals surface area (Å²) < 4.78 is 79.7. The molecule has 0 aromatic carbocycles. The Bertz CT molecular complexity index is 417. The van der Waals surface area contributed by atoms with Gasteiger partial charge in [-0.05, 0) is 51.7 Å². The second-order valence-corrected chi connectivity index (χ2v) is 2.98. The van der Waals surface area contributed by atoms with Gasteiger partial charge in [0.15, 0.2) is 0 Å². The minimum Gasteiger partial charge on any atom is -0.317 e. The monoisotopic (exact) mass is 178 g/mol. The van der Waals surface area contributed by atoms with Gasteiger partial charge in [-0.2, -0.15) is 0 Å².